The molecule has 0 aliphatic carbocycles. The molecule has 1 heterocycles. The summed E-state index contributed by atoms with van der Waals surface area (Å²) in [4.78, 5) is 23.8. The van der Waals surface area contributed by atoms with E-state index in [4.69, 9.17) is 21.9 Å². The second-order valence-electron chi connectivity index (χ2n) is 7.88. The number of sulfone groups is 1. The summed E-state index contributed by atoms with van der Waals surface area (Å²) in [6.07, 6.45) is 0.735. The van der Waals surface area contributed by atoms with Gasteiger partial charge in [-0.25, -0.2) is 18.2 Å². The molecule has 1 aromatic carbocycles. The van der Waals surface area contributed by atoms with Crippen molar-refractivity contribution in [1.82, 2.24) is 4.90 Å². The quantitative estimate of drug-likeness (QED) is 0.448. The van der Waals surface area contributed by atoms with Crippen LogP contribution in [0.2, 0.25) is 0 Å². The predicted octanol–water partition coefficient (Wildman–Crippen LogP) is 0.367. The summed E-state index contributed by atoms with van der Waals surface area (Å²) in [6.45, 7) is 7.33. The maximum absolute atomic E-state index is 12.3. The van der Waals surface area contributed by atoms with E-state index < -0.39 is 15.4 Å². The van der Waals surface area contributed by atoms with E-state index in [0.717, 1.165) is 6.26 Å². The van der Waals surface area contributed by atoms with Crippen LogP contribution in [0.5, 0.6) is 0 Å². The van der Waals surface area contributed by atoms with Crippen molar-refractivity contribution in [2.24, 2.45) is 27.2 Å². The van der Waals surface area contributed by atoms with Gasteiger partial charge in [-0.05, 0) is 39.0 Å². The SMILES string of the molecule is CC(C)(C)OC(=O)N1CCN(c2ccc(S(C)(=O)=O)cc2N=C(N)N=C(N)N)CC1. The number of nitrogens with zero attached hydrogens (tertiary/aromatic N) is 4. The molecule has 0 atom stereocenters. The first kappa shape index (κ1) is 23.3. The largest absolute Gasteiger partial charge is 0.444 e. The Balaban J connectivity index is 2.29. The summed E-state index contributed by atoms with van der Waals surface area (Å²) in [7, 11) is -3.45. The minimum Gasteiger partial charge on any atom is -0.444 e. The number of hydrogen-bond acceptors (Lipinski definition) is 6. The molecule has 0 unspecified atom stereocenters. The Hall–Kier alpha value is -3.02. The summed E-state index contributed by atoms with van der Waals surface area (Å²) in [5.74, 6) is -0.461. The fourth-order valence-corrected chi connectivity index (χ4v) is 3.47. The molecular weight excluding hydrogens is 410 g/mol. The summed E-state index contributed by atoms with van der Waals surface area (Å²) in [6, 6.07) is 4.57. The molecule has 1 amide bonds. The maximum Gasteiger partial charge on any atom is 0.410 e. The summed E-state index contributed by atoms with van der Waals surface area (Å²) >= 11 is 0. The fraction of sp³-hybridized carbons (Fsp3) is 0.500. The van der Waals surface area contributed by atoms with Crippen LogP contribution in [0.15, 0.2) is 33.1 Å². The van der Waals surface area contributed by atoms with Gasteiger partial charge in [-0.3, -0.25) is 0 Å². The van der Waals surface area contributed by atoms with E-state index in [9.17, 15) is 13.2 Å². The van der Waals surface area contributed by atoms with Crippen molar-refractivity contribution in [2.45, 2.75) is 31.3 Å². The van der Waals surface area contributed by atoms with Crippen LogP contribution in [0.3, 0.4) is 0 Å². The lowest BCUT2D eigenvalue weighted by molar-refractivity contribution is 0.0240. The van der Waals surface area contributed by atoms with Crippen molar-refractivity contribution in [3.8, 4) is 0 Å². The molecule has 0 spiro atoms. The van der Waals surface area contributed by atoms with Crippen molar-refractivity contribution >= 4 is 39.2 Å². The molecule has 0 aromatic heterocycles. The summed E-state index contributed by atoms with van der Waals surface area (Å²) < 4.78 is 29.3. The zero-order valence-corrected chi connectivity index (χ0v) is 18.4. The highest BCUT2D eigenvalue weighted by Gasteiger charge is 2.27. The Morgan fingerprint density at radius 3 is 2.20 bits per heavy atom. The number of benzene rings is 1. The van der Waals surface area contributed by atoms with E-state index in [0.29, 0.717) is 37.6 Å². The van der Waals surface area contributed by atoms with Crippen molar-refractivity contribution in [3.05, 3.63) is 18.2 Å². The second kappa shape index (κ2) is 8.78. The first-order valence-electron chi connectivity index (χ1n) is 9.27. The Bertz CT molecular complexity index is 955. The topological polar surface area (TPSA) is 170 Å². The highest BCUT2D eigenvalue weighted by Crippen LogP contribution is 2.32. The number of piperazine rings is 1. The Morgan fingerprint density at radius 1 is 1.10 bits per heavy atom. The third-order valence-electron chi connectivity index (χ3n) is 4.13. The molecule has 1 fully saturated rings. The van der Waals surface area contributed by atoms with Crippen LogP contribution in [0.4, 0.5) is 16.2 Å². The average molecular weight is 440 g/mol. The van der Waals surface area contributed by atoms with Gasteiger partial charge in [0.15, 0.2) is 15.8 Å². The van der Waals surface area contributed by atoms with Crippen molar-refractivity contribution < 1.29 is 17.9 Å². The molecule has 166 valence electrons. The predicted molar refractivity (Wildman–Crippen MR) is 117 cm³/mol. The van der Waals surface area contributed by atoms with Gasteiger partial charge in [0.05, 0.1) is 16.3 Å². The number of nitrogens with two attached hydrogens (primary N) is 3. The zero-order valence-electron chi connectivity index (χ0n) is 17.6. The molecule has 2 rings (SSSR count). The average Bonchev–Trinajstić information content (AvgIpc) is 2.59. The number of guanidine groups is 2. The van der Waals surface area contributed by atoms with Crippen LogP contribution < -0.4 is 22.1 Å². The maximum atomic E-state index is 12.3. The Morgan fingerprint density at radius 2 is 1.70 bits per heavy atom. The molecule has 12 heteroatoms. The molecule has 30 heavy (non-hydrogen) atoms. The molecular formula is C18H29N7O4S. The van der Waals surface area contributed by atoms with E-state index in [1.165, 1.54) is 12.1 Å². The van der Waals surface area contributed by atoms with E-state index in [1.54, 1.807) is 11.0 Å². The Kier molecular flexibility index (Phi) is 6.80. The summed E-state index contributed by atoms with van der Waals surface area (Å²) in [5.41, 5.74) is 16.8. The number of anilines is 1. The Labute approximate surface area is 176 Å². The van der Waals surface area contributed by atoms with E-state index in [1.807, 2.05) is 25.7 Å². The van der Waals surface area contributed by atoms with Gasteiger partial charge in [-0.1, -0.05) is 0 Å². The molecule has 0 saturated carbocycles. The van der Waals surface area contributed by atoms with Gasteiger partial charge in [0.2, 0.25) is 5.96 Å². The zero-order chi connectivity index (χ0) is 22.7. The number of aliphatic imine (C=N–C) groups is 2. The third kappa shape index (κ3) is 6.51. The minimum atomic E-state index is -3.45. The molecule has 6 N–H and O–H groups in total. The van der Waals surface area contributed by atoms with Crippen LogP contribution in [-0.2, 0) is 14.6 Å². The van der Waals surface area contributed by atoms with Crippen molar-refractivity contribution in [3.63, 3.8) is 0 Å². The number of ether oxygens (including phenoxy) is 1. The lowest BCUT2D eigenvalue weighted by atomic mass is 10.2. The third-order valence-corrected chi connectivity index (χ3v) is 5.24. The van der Waals surface area contributed by atoms with Gasteiger partial charge in [0.1, 0.15) is 5.60 Å². The second-order valence-corrected chi connectivity index (χ2v) is 9.90. The van der Waals surface area contributed by atoms with Gasteiger partial charge < -0.3 is 31.7 Å². The van der Waals surface area contributed by atoms with Gasteiger partial charge >= 0.3 is 6.09 Å². The standard InChI is InChI=1S/C18H29N7O4S/c1-18(2,3)29-17(26)25-9-7-24(8-10-25)14-6-5-12(30(4,27)28)11-13(14)22-16(21)23-15(19)20/h5-6,11H,7-10H2,1-4H3,(H6,19,20,21,22,23). The van der Waals surface area contributed by atoms with Gasteiger partial charge in [0.25, 0.3) is 0 Å². The monoisotopic (exact) mass is 439 g/mol. The molecule has 0 bridgehead atoms. The molecule has 1 saturated heterocycles. The van der Waals surface area contributed by atoms with Gasteiger partial charge in [-0.2, -0.15) is 4.99 Å². The van der Waals surface area contributed by atoms with Crippen LogP contribution in [0, 0.1) is 0 Å². The number of carbonyl (C=O) groups excluding carboxylic acids is 1. The van der Waals surface area contributed by atoms with Crippen LogP contribution in [0.1, 0.15) is 20.8 Å². The molecule has 11 nitrogen and oxygen atoms in total. The van der Waals surface area contributed by atoms with Crippen LogP contribution in [0.25, 0.3) is 0 Å². The smallest absolute Gasteiger partial charge is 0.410 e. The van der Waals surface area contributed by atoms with Gasteiger partial charge in [-0.15, -0.1) is 0 Å². The van der Waals surface area contributed by atoms with Crippen molar-refractivity contribution in [2.75, 3.05) is 37.3 Å². The lowest BCUT2D eigenvalue weighted by Crippen LogP contribution is -2.50. The lowest BCUT2D eigenvalue weighted by Gasteiger charge is -2.37. The fourth-order valence-electron chi connectivity index (χ4n) is 2.83. The molecule has 1 aromatic rings. The molecule has 1 aliphatic heterocycles. The summed E-state index contributed by atoms with van der Waals surface area (Å²) in [5, 5.41) is 0. The minimum absolute atomic E-state index is 0.0925. The molecule has 0 radical (unpaired) electrons. The van der Waals surface area contributed by atoms with E-state index in [-0.39, 0.29) is 22.9 Å². The van der Waals surface area contributed by atoms with E-state index in [2.05, 4.69) is 9.98 Å². The highest BCUT2D eigenvalue weighted by atomic mass is 32.2. The highest BCUT2D eigenvalue weighted by molar-refractivity contribution is 7.90. The van der Waals surface area contributed by atoms with E-state index >= 15 is 0 Å². The van der Waals surface area contributed by atoms with Crippen molar-refractivity contribution in [1.29, 1.82) is 0 Å². The molecule has 1 aliphatic rings. The number of rotatable bonds is 3. The normalized spacial score (nSPS) is 15.7. The van der Waals surface area contributed by atoms with Gasteiger partial charge in [0, 0.05) is 32.4 Å². The van der Waals surface area contributed by atoms with Crippen LogP contribution >= 0.6 is 0 Å². The first-order valence-corrected chi connectivity index (χ1v) is 11.2. The first-order chi connectivity index (χ1) is 13.8. The van der Waals surface area contributed by atoms with Crippen LogP contribution in [-0.4, -0.2) is 69.4 Å². The number of carbonyl (C=O) groups is 1. The number of hydrogen-bond donors (Lipinski definition) is 3. The number of amides is 1.